The number of amides is 2. The Kier molecular flexibility index (Phi) is 6.22. The first kappa shape index (κ1) is 18.3. The number of ether oxygens (including phenoxy) is 1. The summed E-state index contributed by atoms with van der Waals surface area (Å²) in [5, 5.41) is 11.5. The first-order valence-corrected chi connectivity index (χ1v) is 8.65. The third-order valence-electron chi connectivity index (χ3n) is 3.83. The van der Waals surface area contributed by atoms with Crippen molar-refractivity contribution in [3.05, 3.63) is 24.3 Å². The quantitative estimate of drug-likeness (QED) is 0.710. The number of carbonyl (C=O) groups excluding carboxylic acids is 2. The third kappa shape index (κ3) is 4.27. The van der Waals surface area contributed by atoms with E-state index in [4.69, 9.17) is 9.84 Å². The molecule has 2 atom stereocenters. The fourth-order valence-electron chi connectivity index (χ4n) is 2.53. The largest absolute Gasteiger partial charge is 0.480 e. The monoisotopic (exact) mass is 352 g/mol. The van der Waals surface area contributed by atoms with E-state index in [1.54, 1.807) is 16.7 Å². The van der Waals surface area contributed by atoms with Crippen molar-refractivity contribution < 1.29 is 24.2 Å². The van der Waals surface area contributed by atoms with Crippen LogP contribution in [0, 0.1) is 5.92 Å². The van der Waals surface area contributed by atoms with Crippen LogP contribution < -0.4 is 10.2 Å². The van der Waals surface area contributed by atoms with Crippen molar-refractivity contribution in [2.75, 3.05) is 31.4 Å². The molecule has 1 aliphatic rings. The molecule has 0 radical (unpaired) electrons. The van der Waals surface area contributed by atoms with E-state index in [1.807, 2.05) is 30.5 Å². The Morgan fingerprint density at radius 3 is 2.62 bits per heavy atom. The summed E-state index contributed by atoms with van der Waals surface area (Å²) in [5.74, 6) is -2.34. The van der Waals surface area contributed by atoms with Gasteiger partial charge in [-0.3, -0.25) is 9.59 Å². The molecular weight excluding hydrogens is 332 g/mol. The van der Waals surface area contributed by atoms with Gasteiger partial charge in [0.15, 0.2) is 6.04 Å². The molecule has 2 amide bonds. The van der Waals surface area contributed by atoms with Crippen LogP contribution in [0.4, 0.5) is 5.69 Å². The standard InChI is InChI=1S/C16H20N2O5S/c1-23-9-13(16(21)22)17-15(20)10-7-14(19)18(8-10)11-3-5-12(24-2)6-4-11/h3-6,10,13H,7-9H2,1-2H3,(H,17,20)(H,21,22). The molecular formula is C16H20N2O5S. The first-order chi connectivity index (χ1) is 11.5. The van der Waals surface area contributed by atoms with E-state index in [0.29, 0.717) is 0 Å². The molecule has 0 aromatic heterocycles. The molecule has 2 unspecified atom stereocenters. The van der Waals surface area contributed by atoms with Gasteiger partial charge in [-0.15, -0.1) is 11.8 Å². The van der Waals surface area contributed by atoms with Crippen LogP contribution in [0.5, 0.6) is 0 Å². The molecule has 1 aromatic carbocycles. The number of carboxylic acids is 1. The van der Waals surface area contributed by atoms with Gasteiger partial charge in [-0.25, -0.2) is 4.79 Å². The molecule has 1 heterocycles. The minimum Gasteiger partial charge on any atom is -0.480 e. The van der Waals surface area contributed by atoms with Crippen molar-refractivity contribution >= 4 is 35.2 Å². The van der Waals surface area contributed by atoms with E-state index in [-0.39, 0.29) is 25.5 Å². The molecule has 0 aliphatic carbocycles. The third-order valence-corrected chi connectivity index (χ3v) is 4.57. The lowest BCUT2D eigenvalue weighted by Gasteiger charge is -2.18. The molecule has 130 valence electrons. The molecule has 1 saturated heterocycles. The van der Waals surface area contributed by atoms with Crippen LogP contribution in [-0.4, -0.2) is 55.4 Å². The number of methoxy groups -OCH3 is 1. The van der Waals surface area contributed by atoms with Gasteiger partial charge in [0.25, 0.3) is 0 Å². The summed E-state index contributed by atoms with van der Waals surface area (Å²) in [6.07, 6.45) is 2.03. The predicted molar refractivity (Wildman–Crippen MR) is 90.1 cm³/mol. The van der Waals surface area contributed by atoms with Crippen molar-refractivity contribution in [3.63, 3.8) is 0 Å². The first-order valence-electron chi connectivity index (χ1n) is 7.42. The van der Waals surface area contributed by atoms with Crippen LogP contribution in [0.15, 0.2) is 29.2 Å². The van der Waals surface area contributed by atoms with E-state index < -0.39 is 23.8 Å². The van der Waals surface area contributed by atoms with E-state index >= 15 is 0 Å². The van der Waals surface area contributed by atoms with Gasteiger partial charge in [-0.05, 0) is 30.5 Å². The van der Waals surface area contributed by atoms with Crippen LogP contribution in [0.25, 0.3) is 0 Å². The Balaban J connectivity index is 2.02. The molecule has 0 bridgehead atoms. The van der Waals surface area contributed by atoms with Crippen molar-refractivity contribution in [2.24, 2.45) is 5.92 Å². The minimum absolute atomic E-state index is 0.0649. The maximum Gasteiger partial charge on any atom is 0.328 e. The summed E-state index contributed by atoms with van der Waals surface area (Å²) >= 11 is 1.61. The molecule has 24 heavy (non-hydrogen) atoms. The van der Waals surface area contributed by atoms with Crippen molar-refractivity contribution in [2.45, 2.75) is 17.4 Å². The van der Waals surface area contributed by atoms with Crippen LogP contribution in [-0.2, 0) is 19.1 Å². The Labute approximate surface area is 144 Å². The Hall–Kier alpha value is -2.06. The lowest BCUT2D eigenvalue weighted by atomic mass is 10.1. The second-order valence-electron chi connectivity index (χ2n) is 5.46. The predicted octanol–water partition coefficient (Wildman–Crippen LogP) is 0.977. The number of carbonyl (C=O) groups is 3. The highest BCUT2D eigenvalue weighted by Gasteiger charge is 2.36. The Morgan fingerprint density at radius 2 is 2.08 bits per heavy atom. The van der Waals surface area contributed by atoms with Gasteiger partial charge in [0.05, 0.1) is 12.5 Å². The maximum absolute atomic E-state index is 12.2. The molecule has 1 aromatic rings. The average molecular weight is 352 g/mol. The number of anilines is 1. The van der Waals surface area contributed by atoms with Crippen molar-refractivity contribution in [3.8, 4) is 0 Å². The summed E-state index contributed by atoms with van der Waals surface area (Å²) in [5.41, 5.74) is 0.736. The minimum atomic E-state index is -1.17. The molecule has 0 spiro atoms. The van der Waals surface area contributed by atoms with Crippen LogP contribution in [0.1, 0.15) is 6.42 Å². The van der Waals surface area contributed by atoms with Gasteiger partial charge in [-0.2, -0.15) is 0 Å². The van der Waals surface area contributed by atoms with E-state index in [9.17, 15) is 14.4 Å². The number of nitrogens with one attached hydrogen (secondary N) is 1. The topological polar surface area (TPSA) is 95.9 Å². The number of thioether (sulfide) groups is 1. The maximum atomic E-state index is 12.2. The van der Waals surface area contributed by atoms with E-state index in [2.05, 4.69) is 5.32 Å². The fourth-order valence-corrected chi connectivity index (χ4v) is 2.93. The number of nitrogens with zero attached hydrogens (tertiary/aromatic N) is 1. The second kappa shape index (κ2) is 8.16. The van der Waals surface area contributed by atoms with E-state index in [1.165, 1.54) is 7.11 Å². The zero-order valence-electron chi connectivity index (χ0n) is 13.5. The summed E-state index contributed by atoms with van der Waals surface area (Å²) in [7, 11) is 1.36. The summed E-state index contributed by atoms with van der Waals surface area (Å²) in [4.78, 5) is 38.2. The van der Waals surface area contributed by atoms with E-state index in [0.717, 1.165) is 10.6 Å². The number of benzene rings is 1. The Morgan fingerprint density at radius 1 is 1.42 bits per heavy atom. The molecule has 8 heteroatoms. The van der Waals surface area contributed by atoms with Crippen molar-refractivity contribution in [1.29, 1.82) is 0 Å². The SMILES string of the molecule is COCC(NC(=O)C1CC(=O)N(c2ccc(SC)cc2)C1)C(=O)O. The number of hydrogen-bond donors (Lipinski definition) is 2. The number of carboxylic acid groups (broad SMARTS) is 1. The van der Waals surface area contributed by atoms with Gasteiger partial charge in [0, 0.05) is 30.7 Å². The lowest BCUT2D eigenvalue weighted by molar-refractivity contribution is -0.143. The summed E-state index contributed by atoms with van der Waals surface area (Å²) in [6, 6.07) is 6.40. The van der Waals surface area contributed by atoms with Gasteiger partial charge >= 0.3 is 5.97 Å². The molecule has 7 nitrogen and oxygen atoms in total. The Bertz CT molecular complexity index is 619. The molecule has 2 N–H and O–H groups in total. The highest BCUT2D eigenvalue weighted by Crippen LogP contribution is 2.27. The second-order valence-corrected chi connectivity index (χ2v) is 6.34. The summed E-state index contributed by atoms with van der Waals surface area (Å²) < 4.78 is 4.79. The number of hydrogen-bond acceptors (Lipinski definition) is 5. The van der Waals surface area contributed by atoms with Crippen molar-refractivity contribution in [1.82, 2.24) is 5.32 Å². The summed E-state index contributed by atoms with van der Waals surface area (Å²) in [6.45, 7) is 0.115. The van der Waals surface area contributed by atoms with Gasteiger partial charge in [-0.1, -0.05) is 0 Å². The molecule has 2 rings (SSSR count). The normalized spacial score (nSPS) is 18.5. The highest BCUT2D eigenvalue weighted by atomic mass is 32.2. The molecule has 1 fully saturated rings. The smallest absolute Gasteiger partial charge is 0.328 e. The molecule has 1 aliphatic heterocycles. The van der Waals surface area contributed by atoms with Gasteiger partial charge in [0.1, 0.15) is 0 Å². The van der Waals surface area contributed by atoms with Crippen LogP contribution in [0.3, 0.4) is 0 Å². The van der Waals surface area contributed by atoms with Crippen LogP contribution >= 0.6 is 11.8 Å². The lowest BCUT2D eigenvalue weighted by Crippen LogP contribution is -2.46. The molecule has 0 saturated carbocycles. The zero-order chi connectivity index (χ0) is 17.7. The van der Waals surface area contributed by atoms with Crippen LogP contribution in [0.2, 0.25) is 0 Å². The zero-order valence-corrected chi connectivity index (χ0v) is 14.3. The highest BCUT2D eigenvalue weighted by molar-refractivity contribution is 7.98. The van der Waals surface area contributed by atoms with Gasteiger partial charge < -0.3 is 20.1 Å². The number of rotatable bonds is 7. The number of aliphatic carboxylic acids is 1. The van der Waals surface area contributed by atoms with Gasteiger partial charge in [0.2, 0.25) is 11.8 Å². The average Bonchev–Trinajstić information content (AvgIpc) is 2.96. The fraction of sp³-hybridized carbons (Fsp3) is 0.438.